The van der Waals surface area contributed by atoms with Crippen LogP contribution in [-0.2, 0) is 4.74 Å². The number of rotatable bonds is 5. The Hall–Kier alpha value is -1.40. The second kappa shape index (κ2) is 5.47. The van der Waals surface area contributed by atoms with Crippen LogP contribution in [0.25, 0.3) is 0 Å². The first-order valence-corrected chi connectivity index (χ1v) is 4.59. The van der Waals surface area contributed by atoms with Crippen LogP contribution in [0.2, 0.25) is 0 Å². The first-order valence-electron chi connectivity index (χ1n) is 4.59. The van der Waals surface area contributed by atoms with Crippen molar-refractivity contribution in [3.63, 3.8) is 0 Å². The molecule has 0 amide bonds. The lowest BCUT2D eigenvalue weighted by Gasteiger charge is -2.20. The highest BCUT2D eigenvalue weighted by Crippen LogP contribution is 2.08. The summed E-state index contributed by atoms with van der Waals surface area (Å²) >= 11 is 0. The van der Waals surface area contributed by atoms with Crippen molar-refractivity contribution in [2.75, 3.05) is 37.9 Å². The van der Waals surface area contributed by atoms with Gasteiger partial charge in [-0.1, -0.05) is 0 Å². The summed E-state index contributed by atoms with van der Waals surface area (Å²) in [7, 11) is 3.35. The van der Waals surface area contributed by atoms with Crippen LogP contribution in [0.4, 0.5) is 11.6 Å². The summed E-state index contributed by atoms with van der Waals surface area (Å²) in [5.74, 6) is 0.991. The van der Waals surface area contributed by atoms with Gasteiger partial charge < -0.3 is 20.5 Å². The van der Waals surface area contributed by atoms with Gasteiger partial charge in [-0.3, -0.25) is 4.98 Å². The van der Waals surface area contributed by atoms with Gasteiger partial charge in [-0.15, -0.1) is 0 Å². The molecule has 1 aromatic heterocycles. The zero-order valence-corrected chi connectivity index (χ0v) is 8.92. The molecule has 0 radical (unpaired) electrons. The molecule has 0 spiro atoms. The molecule has 0 fully saturated rings. The van der Waals surface area contributed by atoms with Crippen molar-refractivity contribution in [1.82, 2.24) is 9.97 Å². The van der Waals surface area contributed by atoms with Gasteiger partial charge in [0, 0.05) is 20.7 Å². The molecule has 1 aromatic rings. The zero-order chi connectivity index (χ0) is 11.3. The molecule has 15 heavy (non-hydrogen) atoms. The van der Waals surface area contributed by atoms with Crippen molar-refractivity contribution in [3.05, 3.63) is 12.4 Å². The number of anilines is 2. The molecule has 6 nitrogen and oxygen atoms in total. The summed E-state index contributed by atoms with van der Waals surface area (Å²) in [6.07, 6.45) is 2.52. The Balaban J connectivity index is 2.56. The smallest absolute Gasteiger partial charge is 0.149 e. The van der Waals surface area contributed by atoms with E-state index in [9.17, 15) is 5.11 Å². The van der Waals surface area contributed by atoms with E-state index in [1.165, 1.54) is 6.20 Å². The molecule has 6 heteroatoms. The monoisotopic (exact) mass is 212 g/mol. The predicted octanol–water partition coefficient (Wildman–Crippen LogP) is -0.498. The molecule has 0 aliphatic rings. The minimum Gasteiger partial charge on any atom is -0.389 e. The lowest BCUT2D eigenvalue weighted by atomic mass is 10.3. The first-order chi connectivity index (χ1) is 7.13. The van der Waals surface area contributed by atoms with Crippen LogP contribution in [0.1, 0.15) is 0 Å². The molecule has 1 rings (SSSR count). The van der Waals surface area contributed by atoms with E-state index in [-0.39, 0.29) is 0 Å². The normalized spacial score (nSPS) is 12.5. The van der Waals surface area contributed by atoms with Gasteiger partial charge in [-0.25, -0.2) is 4.98 Å². The van der Waals surface area contributed by atoms with Crippen LogP contribution in [0.15, 0.2) is 12.4 Å². The fourth-order valence-electron chi connectivity index (χ4n) is 1.21. The summed E-state index contributed by atoms with van der Waals surface area (Å²) in [5.41, 5.74) is 5.50. The van der Waals surface area contributed by atoms with E-state index in [2.05, 4.69) is 9.97 Å². The Morgan fingerprint density at radius 3 is 2.93 bits per heavy atom. The molecule has 3 N–H and O–H groups in total. The number of nitrogens with two attached hydrogens (primary N) is 1. The van der Waals surface area contributed by atoms with Gasteiger partial charge >= 0.3 is 0 Å². The maximum Gasteiger partial charge on any atom is 0.149 e. The number of nitrogen functional groups attached to an aromatic ring is 1. The van der Waals surface area contributed by atoms with Crippen LogP contribution in [-0.4, -0.2) is 48.5 Å². The standard InChI is InChI=1S/C9H16N4O2/c1-13(5-7(14)6-15-2)9-4-11-3-8(10)12-9/h3-4,7,14H,5-6H2,1-2H3,(H2,10,12). The van der Waals surface area contributed by atoms with Gasteiger partial charge in [0.25, 0.3) is 0 Å². The molecule has 0 aromatic carbocycles. The lowest BCUT2D eigenvalue weighted by molar-refractivity contribution is 0.0694. The van der Waals surface area contributed by atoms with Gasteiger partial charge in [-0.2, -0.15) is 0 Å². The van der Waals surface area contributed by atoms with Crippen molar-refractivity contribution in [2.24, 2.45) is 0 Å². The third-order valence-corrected chi connectivity index (χ3v) is 1.88. The van der Waals surface area contributed by atoms with Crippen molar-refractivity contribution in [1.29, 1.82) is 0 Å². The van der Waals surface area contributed by atoms with Gasteiger partial charge in [-0.05, 0) is 0 Å². The van der Waals surface area contributed by atoms with Crippen molar-refractivity contribution in [2.45, 2.75) is 6.10 Å². The van der Waals surface area contributed by atoms with E-state index in [1.54, 1.807) is 18.2 Å². The second-order valence-electron chi connectivity index (χ2n) is 3.29. The predicted molar refractivity (Wildman–Crippen MR) is 57.6 cm³/mol. The SMILES string of the molecule is COCC(O)CN(C)c1cncc(N)n1. The molecule has 1 unspecified atom stereocenters. The summed E-state index contributed by atoms with van der Waals surface area (Å²) in [6, 6.07) is 0. The highest BCUT2D eigenvalue weighted by atomic mass is 16.5. The summed E-state index contributed by atoms with van der Waals surface area (Å²) in [5, 5.41) is 9.50. The fraction of sp³-hybridized carbons (Fsp3) is 0.556. The van der Waals surface area contributed by atoms with Gasteiger partial charge in [0.1, 0.15) is 11.6 Å². The number of methoxy groups -OCH3 is 1. The zero-order valence-electron chi connectivity index (χ0n) is 8.92. The minimum absolute atomic E-state index is 0.292. The molecule has 0 saturated carbocycles. The fourth-order valence-corrected chi connectivity index (χ4v) is 1.21. The van der Waals surface area contributed by atoms with Gasteiger partial charge in [0.2, 0.25) is 0 Å². The number of likely N-dealkylation sites (N-methyl/N-ethyl adjacent to an activating group) is 1. The van der Waals surface area contributed by atoms with Gasteiger partial charge in [0.15, 0.2) is 0 Å². The van der Waals surface area contributed by atoms with E-state index in [0.29, 0.717) is 24.8 Å². The van der Waals surface area contributed by atoms with Crippen LogP contribution in [0.5, 0.6) is 0 Å². The third-order valence-electron chi connectivity index (χ3n) is 1.88. The van der Waals surface area contributed by atoms with Crippen LogP contribution < -0.4 is 10.6 Å². The highest BCUT2D eigenvalue weighted by Gasteiger charge is 2.09. The summed E-state index contributed by atoms with van der Waals surface area (Å²) in [6.45, 7) is 0.714. The maximum atomic E-state index is 9.50. The Labute approximate surface area is 88.7 Å². The third kappa shape index (κ3) is 3.69. The van der Waals surface area contributed by atoms with E-state index >= 15 is 0 Å². The van der Waals surface area contributed by atoms with E-state index < -0.39 is 6.10 Å². The van der Waals surface area contributed by atoms with Crippen molar-refractivity contribution < 1.29 is 9.84 Å². The number of nitrogens with zero attached hydrogens (tertiary/aromatic N) is 3. The topological polar surface area (TPSA) is 84.5 Å². The molecular weight excluding hydrogens is 196 g/mol. The summed E-state index contributed by atoms with van der Waals surface area (Å²) in [4.78, 5) is 9.76. The van der Waals surface area contributed by atoms with Crippen molar-refractivity contribution in [3.8, 4) is 0 Å². The second-order valence-corrected chi connectivity index (χ2v) is 3.29. The minimum atomic E-state index is -0.553. The molecule has 0 aliphatic carbocycles. The van der Waals surface area contributed by atoms with E-state index in [0.717, 1.165) is 0 Å². The molecule has 1 atom stereocenters. The number of hydrogen-bond acceptors (Lipinski definition) is 6. The molecular formula is C9H16N4O2. The molecule has 0 aliphatic heterocycles. The Kier molecular flexibility index (Phi) is 4.26. The van der Waals surface area contributed by atoms with E-state index in [1.807, 2.05) is 7.05 Å². The first kappa shape index (κ1) is 11.7. The van der Waals surface area contributed by atoms with Crippen molar-refractivity contribution >= 4 is 11.6 Å². The number of aliphatic hydroxyl groups excluding tert-OH is 1. The Bertz CT molecular complexity index is 308. The quantitative estimate of drug-likeness (QED) is 0.684. The maximum absolute atomic E-state index is 9.50. The molecule has 1 heterocycles. The number of aromatic nitrogens is 2. The van der Waals surface area contributed by atoms with Crippen LogP contribution >= 0.6 is 0 Å². The number of ether oxygens (including phenoxy) is 1. The molecule has 84 valence electrons. The Morgan fingerprint density at radius 2 is 2.33 bits per heavy atom. The Morgan fingerprint density at radius 1 is 1.60 bits per heavy atom. The molecule has 0 saturated heterocycles. The lowest BCUT2D eigenvalue weighted by Crippen LogP contribution is -2.32. The molecule has 0 bridgehead atoms. The summed E-state index contributed by atoms with van der Waals surface area (Å²) < 4.78 is 4.83. The number of aliphatic hydroxyl groups is 1. The van der Waals surface area contributed by atoms with Gasteiger partial charge in [0.05, 0.1) is 25.1 Å². The number of hydrogen-bond donors (Lipinski definition) is 2. The van der Waals surface area contributed by atoms with Crippen LogP contribution in [0.3, 0.4) is 0 Å². The van der Waals surface area contributed by atoms with Crippen LogP contribution in [0, 0.1) is 0 Å². The highest BCUT2D eigenvalue weighted by molar-refractivity contribution is 5.40. The van der Waals surface area contributed by atoms with E-state index in [4.69, 9.17) is 10.5 Å². The largest absolute Gasteiger partial charge is 0.389 e. The average molecular weight is 212 g/mol. The average Bonchev–Trinajstić information content (AvgIpc) is 2.18.